The Kier molecular flexibility index (Phi) is 5.41. The Morgan fingerprint density at radius 1 is 1.17 bits per heavy atom. The van der Waals surface area contributed by atoms with E-state index in [9.17, 15) is 4.79 Å². The minimum atomic E-state index is 0.0487. The maximum absolute atomic E-state index is 12.6. The van der Waals surface area contributed by atoms with Crippen LogP contribution in [0.15, 0.2) is 35.7 Å². The van der Waals surface area contributed by atoms with Crippen molar-refractivity contribution < 1.29 is 14.3 Å². The smallest absolute Gasteiger partial charge is 0.261 e. The molecule has 2 aromatic rings. The summed E-state index contributed by atoms with van der Waals surface area (Å²) in [5.74, 6) is 1.55. The van der Waals surface area contributed by atoms with Crippen LogP contribution in [0, 0.1) is 0 Å². The molecule has 1 aliphatic heterocycles. The number of carbonyl (C=O) groups is 1. The average Bonchev–Trinajstić information content (AvgIpc) is 3.09. The molecule has 128 valence electrons. The van der Waals surface area contributed by atoms with Crippen LogP contribution in [0.25, 0.3) is 0 Å². The minimum Gasteiger partial charge on any atom is -0.494 e. The monoisotopic (exact) mass is 345 g/mol. The van der Waals surface area contributed by atoms with Gasteiger partial charge in [-0.2, -0.15) is 0 Å². The van der Waals surface area contributed by atoms with Gasteiger partial charge in [0.2, 0.25) is 0 Å². The van der Waals surface area contributed by atoms with Gasteiger partial charge in [-0.15, -0.1) is 11.3 Å². The molecule has 0 aliphatic carbocycles. The van der Waals surface area contributed by atoms with Crippen molar-refractivity contribution >= 4 is 17.2 Å². The van der Waals surface area contributed by atoms with Crippen molar-refractivity contribution in [3.8, 4) is 11.5 Å². The van der Waals surface area contributed by atoms with E-state index in [1.807, 2.05) is 36.1 Å². The summed E-state index contributed by atoms with van der Waals surface area (Å²) in [5.41, 5.74) is 1.31. The summed E-state index contributed by atoms with van der Waals surface area (Å²) in [6, 6.07) is 9.72. The lowest BCUT2D eigenvalue weighted by molar-refractivity contribution is -0.136. The van der Waals surface area contributed by atoms with Gasteiger partial charge >= 0.3 is 0 Å². The molecule has 0 spiro atoms. The molecule has 0 bridgehead atoms. The van der Waals surface area contributed by atoms with Gasteiger partial charge in [0.1, 0.15) is 11.5 Å². The van der Waals surface area contributed by atoms with Crippen molar-refractivity contribution in [3.63, 3.8) is 0 Å². The Bertz CT molecular complexity index is 680. The van der Waals surface area contributed by atoms with Crippen LogP contribution in [0.3, 0.4) is 0 Å². The molecule has 1 aromatic heterocycles. The first kappa shape index (κ1) is 16.8. The third-order valence-electron chi connectivity index (χ3n) is 4.30. The van der Waals surface area contributed by atoms with E-state index in [0.29, 0.717) is 12.4 Å². The van der Waals surface area contributed by atoms with Crippen molar-refractivity contribution in [2.75, 3.05) is 19.8 Å². The Balaban J connectivity index is 1.60. The first-order valence-corrected chi connectivity index (χ1v) is 9.32. The fraction of sp³-hybridized carbons (Fsp3) is 0.421. The molecule has 3 rings (SSSR count). The highest BCUT2D eigenvalue weighted by molar-refractivity contribution is 7.10. The number of ether oxygens (including phenoxy) is 2. The van der Waals surface area contributed by atoms with E-state index in [-0.39, 0.29) is 18.6 Å². The quantitative estimate of drug-likeness (QED) is 0.792. The first-order valence-electron chi connectivity index (χ1n) is 8.44. The lowest BCUT2D eigenvalue weighted by atomic mass is 9.98. The number of benzene rings is 1. The number of nitrogens with zero attached hydrogens (tertiary/aromatic N) is 1. The predicted octanol–water partition coefficient (Wildman–Crippen LogP) is 4.06. The molecule has 2 heterocycles. The van der Waals surface area contributed by atoms with Crippen LogP contribution in [-0.4, -0.2) is 30.6 Å². The highest BCUT2D eigenvalue weighted by atomic mass is 32.1. The Morgan fingerprint density at radius 3 is 2.54 bits per heavy atom. The van der Waals surface area contributed by atoms with Gasteiger partial charge < -0.3 is 14.4 Å². The molecule has 4 nitrogen and oxygen atoms in total. The maximum atomic E-state index is 12.6. The second kappa shape index (κ2) is 7.71. The van der Waals surface area contributed by atoms with Crippen LogP contribution in [0.5, 0.6) is 11.5 Å². The van der Waals surface area contributed by atoms with E-state index in [1.54, 1.807) is 11.3 Å². The van der Waals surface area contributed by atoms with Gasteiger partial charge in [0, 0.05) is 11.4 Å². The molecule has 0 radical (unpaired) electrons. The Morgan fingerprint density at radius 2 is 1.88 bits per heavy atom. The number of rotatable bonds is 6. The van der Waals surface area contributed by atoms with E-state index in [1.165, 1.54) is 10.4 Å². The molecule has 1 atom stereocenters. The third-order valence-corrected chi connectivity index (χ3v) is 5.30. The van der Waals surface area contributed by atoms with Gasteiger partial charge in [0.15, 0.2) is 6.61 Å². The molecule has 1 amide bonds. The summed E-state index contributed by atoms with van der Waals surface area (Å²) in [4.78, 5) is 16.0. The maximum Gasteiger partial charge on any atom is 0.261 e. The number of hydrogen-bond acceptors (Lipinski definition) is 4. The normalized spacial score (nSPS) is 16.6. The standard InChI is InChI=1S/C19H23NO3S/c1-3-17-16-10-12-24-18(16)9-11-20(17)19(21)13-23-15-7-5-14(6-8-15)22-4-2/h5-8,10,12,17H,3-4,9,11,13H2,1-2H3. The third kappa shape index (κ3) is 3.56. The predicted molar refractivity (Wildman–Crippen MR) is 95.9 cm³/mol. The van der Waals surface area contributed by atoms with Crippen molar-refractivity contribution in [1.82, 2.24) is 4.90 Å². The van der Waals surface area contributed by atoms with Crippen LogP contribution < -0.4 is 9.47 Å². The summed E-state index contributed by atoms with van der Waals surface area (Å²) in [5, 5.41) is 2.12. The first-order chi connectivity index (χ1) is 11.7. The molecular weight excluding hydrogens is 322 g/mol. The molecule has 1 aromatic carbocycles. The highest BCUT2D eigenvalue weighted by Crippen LogP contribution is 2.35. The molecule has 1 unspecified atom stereocenters. The summed E-state index contributed by atoms with van der Waals surface area (Å²) >= 11 is 1.79. The van der Waals surface area contributed by atoms with Crippen LogP contribution in [-0.2, 0) is 11.2 Å². The van der Waals surface area contributed by atoms with Crippen LogP contribution >= 0.6 is 11.3 Å². The number of thiophene rings is 1. The highest BCUT2D eigenvalue weighted by Gasteiger charge is 2.30. The zero-order chi connectivity index (χ0) is 16.9. The van der Waals surface area contributed by atoms with Crippen LogP contribution in [0.1, 0.15) is 36.8 Å². The number of fused-ring (bicyclic) bond motifs is 1. The second-order valence-electron chi connectivity index (χ2n) is 5.75. The van der Waals surface area contributed by atoms with Crippen LogP contribution in [0.4, 0.5) is 0 Å². The van der Waals surface area contributed by atoms with Crippen LogP contribution in [0.2, 0.25) is 0 Å². The van der Waals surface area contributed by atoms with Gasteiger partial charge in [0.25, 0.3) is 5.91 Å². The molecule has 1 aliphatic rings. The molecule has 0 saturated heterocycles. The molecule has 0 saturated carbocycles. The van der Waals surface area contributed by atoms with Gasteiger partial charge in [-0.05, 0) is 61.0 Å². The van der Waals surface area contributed by atoms with Gasteiger partial charge in [-0.25, -0.2) is 0 Å². The van der Waals surface area contributed by atoms with Gasteiger partial charge in [0.05, 0.1) is 12.6 Å². The number of carbonyl (C=O) groups excluding carboxylic acids is 1. The van der Waals surface area contributed by atoms with E-state index >= 15 is 0 Å². The molecule has 0 N–H and O–H groups in total. The average molecular weight is 345 g/mol. The van der Waals surface area contributed by atoms with Crippen molar-refractivity contribution in [2.24, 2.45) is 0 Å². The molecule has 5 heteroatoms. The zero-order valence-electron chi connectivity index (χ0n) is 14.2. The van der Waals surface area contributed by atoms with E-state index in [2.05, 4.69) is 18.4 Å². The minimum absolute atomic E-state index is 0.0487. The van der Waals surface area contributed by atoms with Gasteiger partial charge in [-0.1, -0.05) is 6.92 Å². The lowest BCUT2D eigenvalue weighted by Gasteiger charge is -2.35. The van der Waals surface area contributed by atoms with Crippen molar-refractivity contribution in [2.45, 2.75) is 32.7 Å². The van der Waals surface area contributed by atoms with E-state index in [4.69, 9.17) is 9.47 Å². The van der Waals surface area contributed by atoms with Crippen molar-refractivity contribution in [3.05, 3.63) is 46.2 Å². The summed E-state index contributed by atoms with van der Waals surface area (Å²) < 4.78 is 11.1. The molecular formula is C19H23NO3S. The fourth-order valence-corrected chi connectivity index (χ4v) is 4.09. The van der Waals surface area contributed by atoms with E-state index < -0.39 is 0 Å². The molecule has 0 fully saturated rings. The molecule has 24 heavy (non-hydrogen) atoms. The summed E-state index contributed by atoms with van der Waals surface area (Å²) in [6.45, 7) is 5.56. The zero-order valence-corrected chi connectivity index (χ0v) is 15.0. The summed E-state index contributed by atoms with van der Waals surface area (Å²) in [6.07, 6.45) is 1.87. The largest absolute Gasteiger partial charge is 0.494 e. The Labute approximate surface area is 147 Å². The second-order valence-corrected chi connectivity index (χ2v) is 6.75. The number of amides is 1. The van der Waals surface area contributed by atoms with E-state index in [0.717, 1.165) is 25.1 Å². The topological polar surface area (TPSA) is 38.8 Å². The Hall–Kier alpha value is -2.01. The summed E-state index contributed by atoms with van der Waals surface area (Å²) in [7, 11) is 0. The number of hydrogen-bond donors (Lipinski definition) is 0. The van der Waals surface area contributed by atoms with Gasteiger partial charge in [-0.3, -0.25) is 4.79 Å². The SMILES string of the molecule is CCOc1ccc(OCC(=O)N2CCc3sccc3C2CC)cc1. The lowest BCUT2D eigenvalue weighted by Crippen LogP contribution is -2.41. The van der Waals surface area contributed by atoms with Crippen molar-refractivity contribution in [1.29, 1.82) is 0 Å². The fourth-order valence-electron chi connectivity index (χ4n) is 3.16.